The smallest absolute Gasteiger partial charge is 0.390 e. The number of aromatic nitrogens is 4. The highest BCUT2D eigenvalue weighted by molar-refractivity contribution is 8.00. The minimum atomic E-state index is -4.41. The van der Waals surface area contributed by atoms with Gasteiger partial charge in [0.25, 0.3) is 0 Å². The summed E-state index contributed by atoms with van der Waals surface area (Å²) in [6.45, 7) is 4.09. The lowest BCUT2D eigenvalue weighted by Gasteiger charge is -2.35. The van der Waals surface area contributed by atoms with Crippen LogP contribution in [0, 0.1) is 0 Å². The van der Waals surface area contributed by atoms with Crippen molar-refractivity contribution in [1.82, 2.24) is 23.9 Å². The van der Waals surface area contributed by atoms with Gasteiger partial charge < -0.3 is 10.4 Å². The number of β-amino-alcohol motifs (C(OH)–C–C–N with tert-alkyl or cyclic N) is 1. The van der Waals surface area contributed by atoms with Gasteiger partial charge in [-0.15, -0.1) is 10.2 Å². The normalized spacial score (nSPS) is 18.9. The van der Waals surface area contributed by atoms with Gasteiger partial charge >= 0.3 is 5.51 Å². The van der Waals surface area contributed by atoms with E-state index in [4.69, 9.17) is 0 Å². The molecular weight excluding hydrogens is 565 g/mol. The standard InChI is InChI=1S/C26H27F3N6O3S2/c1-16(2)25-33-32-24-10-5-18(14-35(24)25)17-3-7-20(8-4-17)40(37,38)34-12-11-21(22(36)15-34)31-23-9-6-19(13-30-23)39-26(27,28)29/h3-10,13-14,16,21-22,36H,11-12,15H2,1-2H3,(H,30,31)/t21-,22+/m1/s1. The molecule has 1 saturated heterocycles. The van der Waals surface area contributed by atoms with Crippen molar-refractivity contribution in [2.75, 3.05) is 18.4 Å². The molecule has 2 N–H and O–H groups in total. The summed E-state index contributed by atoms with van der Waals surface area (Å²) < 4.78 is 67.4. The first kappa shape index (κ1) is 28.3. The first-order valence-electron chi connectivity index (χ1n) is 12.5. The summed E-state index contributed by atoms with van der Waals surface area (Å²) >= 11 is -0.261. The summed E-state index contributed by atoms with van der Waals surface area (Å²) in [5.74, 6) is 1.32. The fraction of sp³-hybridized carbons (Fsp3) is 0.346. The van der Waals surface area contributed by atoms with Gasteiger partial charge in [-0.05, 0) is 65.7 Å². The number of fused-ring (bicyclic) bond motifs is 1. The van der Waals surface area contributed by atoms with E-state index in [1.54, 1.807) is 24.3 Å². The van der Waals surface area contributed by atoms with E-state index in [0.717, 1.165) is 28.8 Å². The maximum Gasteiger partial charge on any atom is 0.446 e. The number of pyridine rings is 2. The number of halogens is 3. The molecule has 4 heterocycles. The third-order valence-electron chi connectivity index (χ3n) is 6.62. The molecule has 0 aliphatic carbocycles. The molecule has 9 nitrogen and oxygen atoms in total. The molecule has 0 spiro atoms. The van der Waals surface area contributed by atoms with Gasteiger partial charge in [0.1, 0.15) is 11.6 Å². The second-order valence-corrected chi connectivity index (χ2v) is 12.9. The average Bonchev–Trinajstić information content (AvgIpc) is 3.34. The summed E-state index contributed by atoms with van der Waals surface area (Å²) in [6, 6.07) is 12.5. The first-order chi connectivity index (χ1) is 18.9. The number of sulfonamides is 1. The van der Waals surface area contributed by atoms with Crippen LogP contribution in [0.2, 0.25) is 0 Å². The van der Waals surface area contributed by atoms with E-state index >= 15 is 0 Å². The van der Waals surface area contributed by atoms with Crippen molar-refractivity contribution in [3.8, 4) is 11.1 Å². The van der Waals surface area contributed by atoms with Crippen LogP contribution in [0.5, 0.6) is 0 Å². The van der Waals surface area contributed by atoms with Crippen LogP contribution in [0.25, 0.3) is 16.8 Å². The number of aliphatic hydroxyl groups excluding tert-OH is 1. The van der Waals surface area contributed by atoms with Gasteiger partial charge in [0.05, 0.1) is 17.0 Å². The van der Waals surface area contributed by atoms with Crippen molar-refractivity contribution in [3.63, 3.8) is 0 Å². The molecule has 14 heteroatoms. The largest absolute Gasteiger partial charge is 0.446 e. The number of thioether (sulfide) groups is 1. The van der Waals surface area contributed by atoms with Crippen LogP contribution in [0.15, 0.2) is 70.7 Å². The van der Waals surface area contributed by atoms with Crippen LogP contribution >= 0.6 is 11.8 Å². The number of nitrogens with one attached hydrogen (secondary N) is 1. The van der Waals surface area contributed by atoms with Gasteiger partial charge in [-0.25, -0.2) is 13.4 Å². The van der Waals surface area contributed by atoms with Gasteiger partial charge in [-0.2, -0.15) is 17.5 Å². The molecule has 3 aromatic heterocycles. The molecule has 40 heavy (non-hydrogen) atoms. The number of piperidine rings is 1. The average molecular weight is 593 g/mol. The molecule has 0 saturated carbocycles. The topological polar surface area (TPSA) is 113 Å². The number of hydrogen-bond donors (Lipinski definition) is 2. The maximum absolute atomic E-state index is 13.3. The SMILES string of the molecule is CC(C)c1nnc2ccc(-c3ccc(S(=O)(=O)N4CC[C@@H](Nc5ccc(SC(F)(F)F)cn5)[C@@H](O)C4)cc3)cn12. The highest BCUT2D eigenvalue weighted by Crippen LogP contribution is 2.36. The lowest BCUT2D eigenvalue weighted by Crippen LogP contribution is -2.51. The summed E-state index contributed by atoms with van der Waals surface area (Å²) in [7, 11) is -3.86. The van der Waals surface area contributed by atoms with Crippen molar-refractivity contribution >= 4 is 33.3 Å². The van der Waals surface area contributed by atoms with E-state index in [0.29, 0.717) is 5.82 Å². The fourth-order valence-electron chi connectivity index (χ4n) is 4.58. The zero-order valence-electron chi connectivity index (χ0n) is 21.6. The van der Waals surface area contributed by atoms with Crippen LogP contribution in [0.1, 0.15) is 32.0 Å². The van der Waals surface area contributed by atoms with E-state index in [1.165, 1.54) is 16.4 Å². The molecule has 1 aromatic carbocycles. The van der Waals surface area contributed by atoms with Gasteiger partial charge in [-0.1, -0.05) is 26.0 Å². The van der Waals surface area contributed by atoms with Crippen LogP contribution in [-0.4, -0.2) is 68.2 Å². The van der Waals surface area contributed by atoms with E-state index in [2.05, 4.69) is 20.5 Å². The first-order valence-corrected chi connectivity index (χ1v) is 14.8. The van der Waals surface area contributed by atoms with Crippen molar-refractivity contribution in [1.29, 1.82) is 0 Å². The quantitative estimate of drug-likeness (QED) is 0.296. The number of aliphatic hydroxyl groups is 1. The molecule has 5 rings (SSSR count). The molecule has 4 aromatic rings. The van der Waals surface area contributed by atoms with Crippen molar-refractivity contribution in [2.45, 2.75) is 53.6 Å². The summed E-state index contributed by atoms with van der Waals surface area (Å²) in [6.07, 6.45) is 2.28. The predicted molar refractivity (Wildman–Crippen MR) is 145 cm³/mol. The highest BCUT2D eigenvalue weighted by Gasteiger charge is 2.35. The number of hydrogen-bond acceptors (Lipinski definition) is 8. The van der Waals surface area contributed by atoms with Gasteiger partial charge in [0.15, 0.2) is 5.65 Å². The molecule has 2 atom stereocenters. The molecule has 1 aliphatic heterocycles. The molecule has 0 unspecified atom stereocenters. The molecule has 1 fully saturated rings. The molecule has 0 amide bonds. The Morgan fingerprint density at radius 2 is 1.77 bits per heavy atom. The van der Waals surface area contributed by atoms with E-state index in [-0.39, 0.29) is 47.0 Å². The Hall–Kier alpha value is -3.20. The van der Waals surface area contributed by atoms with Crippen molar-refractivity contribution in [3.05, 3.63) is 66.7 Å². The second kappa shape index (κ2) is 11.0. The van der Waals surface area contributed by atoms with Gasteiger partial charge in [-0.3, -0.25) is 4.40 Å². The molecule has 212 valence electrons. The lowest BCUT2D eigenvalue weighted by atomic mass is 10.0. The maximum atomic E-state index is 13.3. The number of benzene rings is 1. The van der Waals surface area contributed by atoms with E-state index < -0.39 is 27.7 Å². The van der Waals surface area contributed by atoms with Gasteiger partial charge in [0.2, 0.25) is 10.0 Å². The minimum Gasteiger partial charge on any atom is -0.390 e. The number of rotatable bonds is 7. The van der Waals surface area contributed by atoms with Gasteiger partial charge in [0, 0.05) is 36.3 Å². The Morgan fingerprint density at radius 3 is 2.40 bits per heavy atom. The summed E-state index contributed by atoms with van der Waals surface area (Å²) in [5, 5.41) is 22.1. The van der Waals surface area contributed by atoms with Crippen LogP contribution in [0.4, 0.5) is 19.0 Å². The van der Waals surface area contributed by atoms with Crippen LogP contribution in [-0.2, 0) is 10.0 Å². The number of nitrogens with zero attached hydrogens (tertiary/aromatic N) is 5. The predicted octanol–water partition coefficient (Wildman–Crippen LogP) is 4.76. The molecule has 0 bridgehead atoms. The Bertz CT molecular complexity index is 1590. The third kappa shape index (κ3) is 6.09. The summed E-state index contributed by atoms with van der Waals surface area (Å²) in [4.78, 5) is 4.05. The number of anilines is 1. The Kier molecular flexibility index (Phi) is 7.79. The highest BCUT2D eigenvalue weighted by atomic mass is 32.2. The van der Waals surface area contributed by atoms with Crippen LogP contribution in [0.3, 0.4) is 0 Å². The Balaban J connectivity index is 1.25. The Morgan fingerprint density at radius 1 is 1.05 bits per heavy atom. The van der Waals surface area contributed by atoms with Crippen LogP contribution < -0.4 is 5.32 Å². The minimum absolute atomic E-state index is 0.0508. The molecular formula is C26H27F3N6O3S2. The molecule has 0 radical (unpaired) electrons. The van der Waals surface area contributed by atoms with E-state index in [9.17, 15) is 26.7 Å². The fourth-order valence-corrected chi connectivity index (χ4v) is 6.56. The van der Waals surface area contributed by atoms with Crippen molar-refractivity contribution in [2.24, 2.45) is 0 Å². The molecule has 1 aliphatic rings. The monoisotopic (exact) mass is 592 g/mol. The second-order valence-electron chi connectivity index (χ2n) is 9.78. The zero-order valence-corrected chi connectivity index (χ0v) is 23.2. The van der Waals surface area contributed by atoms with Crippen molar-refractivity contribution < 1.29 is 26.7 Å². The third-order valence-corrected chi connectivity index (χ3v) is 9.21. The lowest BCUT2D eigenvalue weighted by molar-refractivity contribution is -0.0328. The Labute approximate surface area is 233 Å². The summed E-state index contributed by atoms with van der Waals surface area (Å²) in [5.41, 5.74) is -1.95. The van der Waals surface area contributed by atoms with E-state index in [1.807, 2.05) is 36.6 Å². The number of alkyl halides is 3. The zero-order chi connectivity index (χ0) is 28.7.